The summed E-state index contributed by atoms with van der Waals surface area (Å²) in [6, 6.07) is 5.08. The first-order valence-corrected chi connectivity index (χ1v) is 5.46. The number of rotatable bonds is 1. The van der Waals surface area contributed by atoms with Gasteiger partial charge in [0.15, 0.2) is 0 Å². The molecule has 0 unspecified atom stereocenters. The summed E-state index contributed by atoms with van der Waals surface area (Å²) < 4.78 is 19.5. The molecule has 1 aromatic rings. The Kier molecular flexibility index (Phi) is 2.54. The Hall–Kier alpha value is -0.900. The lowest BCUT2D eigenvalue weighted by Crippen LogP contribution is -2.17. The van der Waals surface area contributed by atoms with Gasteiger partial charge < -0.3 is 4.74 Å². The van der Waals surface area contributed by atoms with Crippen LogP contribution in [0.5, 0.6) is 0 Å². The van der Waals surface area contributed by atoms with Crippen molar-refractivity contribution in [1.82, 2.24) is 0 Å². The third-order valence-corrected chi connectivity index (χ3v) is 2.76. The number of benzene rings is 1. The van der Waals surface area contributed by atoms with Crippen LogP contribution in [0.4, 0.5) is 4.39 Å². The van der Waals surface area contributed by atoms with Gasteiger partial charge in [0.05, 0.1) is 15.6 Å². The second-order valence-electron chi connectivity index (χ2n) is 4.12. The molecule has 1 heterocycles. The number of nitrogens with zero attached hydrogens (tertiary/aromatic N) is 1. The third-order valence-electron chi connectivity index (χ3n) is 2.15. The molecule has 0 N–H and O–H groups in total. The van der Waals surface area contributed by atoms with Crippen LogP contribution in [-0.4, -0.2) is 18.0 Å². The van der Waals surface area contributed by atoms with Gasteiger partial charge in [-0.05, 0) is 41.9 Å². The summed E-state index contributed by atoms with van der Waals surface area (Å²) in [5.41, 5.74) is 0.152. The highest BCUT2D eigenvalue weighted by atomic mass is 79.9. The molecule has 0 fully saturated rings. The number of aliphatic imine (C=N–C) groups is 1. The van der Waals surface area contributed by atoms with Crippen LogP contribution in [-0.2, 0) is 4.74 Å². The first kappa shape index (κ1) is 10.6. The van der Waals surface area contributed by atoms with Gasteiger partial charge in [-0.2, -0.15) is 0 Å². The summed E-state index contributed by atoms with van der Waals surface area (Å²) >= 11 is 3.14. The zero-order chi connectivity index (χ0) is 11.1. The van der Waals surface area contributed by atoms with E-state index < -0.39 is 0 Å². The van der Waals surface area contributed by atoms with E-state index in [2.05, 4.69) is 20.9 Å². The Balaban J connectivity index is 2.44. The van der Waals surface area contributed by atoms with Gasteiger partial charge in [0, 0.05) is 0 Å². The molecular formula is C11H11BrFNO. The standard InChI is InChI=1S/C11H11BrFNO/c1-11(2)6-15-10(14-11)7-4-3-5-8(12)9(7)13/h3-5H,6H2,1-2H3. The molecule has 1 aromatic carbocycles. The van der Waals surface area contributed by atoms with Crippen LogP contribution in [0.2, 0.25) is 0 Å². The molecule has 1 aliphatic heterocycles. The topological polar surface area (TPSA) is 21.6 Å². The lowest BCUT2D eigenvalue weighted by molar-refractivity contribution is 0.279. The molecule has 1 aliphatic rings. The molecule has 0 aromatic heterocycles. The quantitative estimate of drug-likeness (QED) is 0.769. The van der Waals surface area contributed by atoms with E-state index in [4.69, 9.17) is 4.74 Å². The van der Waals surface area contributed by atoms with E-state index in [1.54, 1.807) is 18.2 Å². The van der Waals surface area contributed by atoms with Crippen molar-refractivity contribution in [3.63, 3.8) is 0 Å². The van der Waals surface area contributed by atoms with Gasteiger partial charge in [-0.15, -0.1) is 0 Å². The van der Waals surface area contributed by atoms with Crippen LogP contribution in [0.25, 0.3) is 0 Å². The number of halogens is 2. The molecule has 0 radical (unpaired) electrons. The first-order chi connectivity index (χ1) is 6.99. The van der Waals surface area contributed by atoms with Crippen LogP contribution in [0.15, 0.2) is 27.7 Å². The number of ether oxygens (including phenoxy) is 1. The minimum absolute atomic E-state index is 0.260. The average molecular weight is 272 g/mol. The molecule has 80 valence electrons. The largest absolute Gasteiger partial charge is 0.475 e. The average Bonchev–Trinajstić information content (AvgIpc) is 2.51. The minimum Gasteiger partial charge on any atom is -0.475 e. The number of hydrogen-bond acceptors (Lipinski definition) is 2. The van der Waals surface area contributed by atoms with Crippen LogP contribution in [0.3, 0.4) is 0 Å². The summed E-state index contributed by atoms with van der Waals surface area (Å²) in [6.45, 7) is 4.40. The van der Waals surface area contributed by atoms with Gasteiger partial charge in [-0.25, -0.2) is 9.38 Å². The monoisotopic (exact) mass is 271 g/mol. The van der Waals surface area contributed by atoms with E-state index in [-0.39, 0.29) is 11.4 Å². The first-order valence-electron chi connectivity index (χ1n) is 4.67. The fourth-order valence-electron chi connectivity index (χ4n) is 1.39. The molecule has 0 bridgehead atoms. The summed E-state index contributed by atoms with van der Waals surface area (Å²) in [4.78, 5) is 4.33. The maximum absolute atomic E-state index is 13.7. The predicted octanol–water partition coefficient (Wildman–Crippen LogP) is 3.14. The number of hydrogen-bond donors (Lipinski definition) is 0. The Bertz CT molecular complexity index is 429. The Labute approximate surface area is 96.3 Å². The van der Waals surface area contributed by atoms with Gasteiger partial charge in [-0.3, -0.25) is 0 Å². The Morgan fingerprint density at radius 3 is 2.80 bits per heavy atom. The van der Waals surface area contributed by atoms with Crippen molar-refractivity contribution in [1.29, 1.82) is 0 Å². The molecule has 2 rings (SSSR count). The van der Waals surface area contributed by atoms with E-state index in [1.165, 1.54) is 0 Å². The van der Waals surface area contributed by atoms with Gasteiger partial charge in [0.2, 0.25) is 5.90 Å². The SMILES string of the molecule is CC1(C)COC(c2cccc(Br)c2F)=N1. The smallest absolute Gasteiger partial charge is 0.219 e. The summed E-state index contributed by atoms with van der Waals surface area (Å²) in [7, 11) is 0. The third kappa shape index (κ3) is 2.04. The minimum atomic E-state index is -0.325. The van der Waals surface area contributed by atoms with Gasteiger partial charge in [0.25, 0.3) is 0 Å². The fourth-order valence-corrected chi connectivity index (χ4v) is 1.76. The molecular weight excluding hydrogens is 261 g/mol. The molecule has 4 heteroatoms. The Morgan fingerprint density at radius 2 is 2.20 bits per heavy atom. The van der Waals surface area contributed by atoms with Gasteiger partial charge in [-0.1, -0.05) is 6.07 Å². The molecule has 0 aliphatic carbocycles. The van der Waals surface area contributed by atoms with Crippen molar-refractivity contribution >= 4 is 21.8 Å². The van der Waals surface area contributed by atoms with E-state index >= 15 is 0 Å². The van der Waals surface area contributed by atoms with Crippen molar-refractivity contribution in [3.05, 3.63) is 34.1 Å². The lowest BCUT2D eigenvalue weighted by atomic mass is 10.1. The van der Waals surface area contributed by atoms with Gasteiger partial charge >= 0.3 is 0 Å². The molecule has 0 atom stereocenters. The molecule has 2 nitrogen and oxygen atoms in total. The van der Waals surface area contributed by atoms with E-state index in [0.29, 0.717) is 22.5 Å². The normalized spacial score (nSPS) is 18.5. The van der Waals surface area contributed by atoms with Crippen LogP contribution >= 0.6 is 15.9 Å². The zero-order valence-electron chi connectivity index (χ0n) is 8.55. The van der Waals surface area contributed by atoms with E-state index in [9.17, 15) is 4.39 Å². The van der Waals surface area contributed by atoms with Crippen molar-refractivity contribution in [2.75, 3.05) is 6.61 Å². The van der Waals surface area contributed by atoms with Crippen LogP contribution < -0.4 is 0 Å². The summed E-state index contributed by atoms with van der Waals surface area (Å²) in [5, 5.41) is 0. The highest BCUT2D eigenvalue weighted by Gasteiger charge is 2.28. The zero-order valence-corrected chi connectivity index (χ0v) is 10.1. The second kappa shape index (κ2) is 3.59. The molecule has 0 spiro atoms. The molecule has 0 saturated heterocycles. The van der Waals surface area contributed by atoms with E-state index in [1.807, 2.05) is 13.8 Å². The highest BCUT2D eigenvalue weighted by molar-refractivity contribution is 9.10. The summed E-state index contributed by atoms with van der Waals surface area (Å²) in [5.74, 6) is 0.0627. The van der Waals surface area contributed by atoms with E-state index in [0.717, 1.165) is 0 Å². The van der Waals surface area contributed by atoms with Gasteiger partial charge in [0.1, 0.15) is 12.4 Å². The van der Waals surface area contributed by atoms with Crippen LogP contribution in [0.1, 0.15) is 19.4 Å². The molecule has 0 saturated carbocycles. The second-order valence-corrected chi connectivity index (χ2v) is 4.97. The highest BCUT2D eigenvalue weighted by Crippen LogP contribution is 2.25. The van der Waals surface area contributed by atoms with Crippen molar-refractivity contribution < 1.29 is 9.13 Å². The fraction of sp³-hybridized carbons (Fsp3) is 0.364. The lowest BCUT2D eigenvalue weighted by Gasteiger charge is -2.07. The maximum atomic E-state index is 13.7. The van der Waals surface area contributed by atoms with Crippen molar-refractivity contribution in [2.24, 2.45) is 4.99 Å². The van der Waals surface area contributed by atoms with Crippen molar-refractivity contribution in [3.8, 4) is 0 Å². The maximum Gasteiger partial charge on any atom is 0.219 e. The van der Waals surface area contributed by atoms with Crippen molar-refractivity contribution in [2.45, 2.75) is 19.4 Å². The molecule has 0 amide bonds. The van der Waals surface area contributed by atoms with Crippen LogP contribution in [0, 0.1) is 5.82 Å². The summed E-state index contributed by atoms with van der Waals surface area (Å²) in [6.07, 6.45) is 0. The predicted molar refractivity (Wildman–Crippen MR) is 60.7 cm³/mol. The molecule has 15 heavy (non-hydrogen) atoms. The Morgan fingerprint density at radius 1 is 1.47 bits per heavy atom.